The van der Waals surface area contributed by atoms with E-state index in [0.717, 1.165) is 0 Å². The van der Waals surface area contributed by atoms with Gasteiger partial charge in [-0.25, -0.2) is 0 Å². The van der Waals surface area contributed by atoms with E-state index in [-0.39, 0.29) is 6.04 Å². The molecule has 5 nitrogen and oxygen atoms in total. The van der Waals surface area contributed by atoms with Gasteiger partial charge in [0.25, 0.3) is 0 Å². The number of para-hydroxylation sites is 2. The number of hydrogen-bond acceptors (Lipinski definition) is 5. The molecule has 0 heterocycles. The van der Waals surface area contributed by atoms with Crippen molar-refractivity contribution in [3.63, 3.8) is 0 Å². The third-order valence-electron chi connectivity index (χ3n) is 2.81. The SMILES string of the molecule is C=CCOC[C@@H](O)CN[C@@H](C)COc1ccccc1OC. The van der Waals surface area contributed by atoms with Crippen LogP contribution in [0.1, 0.15) is 6.92 Å². The topological polar surface area (TPSA) is 60.0 Å². The van der Waals surface area contributed by atoms with Crippen LogP contribution >= 0.6 is 0 Å². The van der Waals surface area contributed by atoms with Crippen LogP contribution in [0, 0.1) is 0 Å². The molecule has 5 heteroatoms. The molecule has 2 N–H and O–H groups in total. The second-order valence-electron chi connectivity index (χ2n) is 4.75. The molecular formula is C16H25NO4. The number of rotatable bonds is 11. The summed E-state index contributed by atoms with van der Waals surface area (Å²) < 4.78 is 16.1. The van der Waals surface area contributed by atoms with E-state index in [1.807, 2.05) is 31.2 Å². The molecule has 0 aliphatic rings. The molecule has 0 bridgehead atoms. The van der Waals surface area contributed by atoms with E-state index in [0.29, 0.717) is 37.9 Å². The molecule has 21 heavy (non-hydrogen) atoms. The quantitative estimate of drug-likeness (QED) is 0.480. The molecule has 118 valence electrons. The number of aliphatic hydroxyl groups excluding tert-OH is 1. The summed E-state index contributed by atoms with van der Waals surface area (Å²) in [6, 6.07) is 7.62. The maximum Gasteiger partial charge on any atom is 0.161 e. The first kappa shape index (κ1) is 17.5. The van der Waals surface area contributed by atoms with Crippen molar-refractivity contribution in [3.05, 3.63) is 36.9 Å². The molecule has 1 aromatic carbocycles. The summed E-state index contributed by atoms with van der Waals surface area (Å²) >= 11 is 0. The number of benzene rings is 1. The highest BCUT2D eigenvalue weighted by Crippen LogP contribution is 2.25. The Kier molecular flexibility index (Phi) is 8.50. The van der Waals surface area contributed by atoms with Crippen LogP contribution in [-0.4, -0.2) is 50.7 Å². The van der Waals surface area contributed by atoms with Crippen LogP contribution < -0.4 is 14.8 Å². The van der Waals surface area contributed by atoms with Crippen molar-refractivity contribution in [1.29, 1.82) is 0 Å². The van der Waals surface area contributed by atoms with E-state index in [2.05, 4.69) is 11.9 Å². The lowest BCUT2D eigenvalue weighted by Crippen LogP contribution is -2.39. The van der Waals surface area contributed by atoms with E-state index in [4.69, 9.17) is 14.2 Å². The molecule has 0 spiro atoms. The highest BCUT2D eigenvalue weighted by molar-refractivity contribution is 5.39. The molecule has 0 aliphatic carbocycles. The summed E-state index contributed by atoms with van der Waals surface area (Å²) in [6.07, 6.45) is 1.11. The molecule has 0 aromatic heterocycles. The van der Waals surface area contributed by atoms with Crippen LogP contribution in [0.4, 0.5) is 0 Å². The smallest absolute Gasteiger partial charge is 0.161 e. The van der Waals surface area contributed by atoms with E-state index < -0.39 is 6.10 Å². The van der Waals surface area contributed by atoms with Crippen molar-refractivity contribution in [2.75, 3.05) is 33.5 Å². The summed E-state index contributed by atoms with van der Waals surface area (Å²) in [5, 5.41) is 12.9. The molecule has 0 saturated carbocycles. The highest BCUT2D eigenvalue weighted by Gasteiger charge is 2.09. The minimum absolute atomic E-state index is 0.101. The van der Waals surface area contributed by atoms with Crippen LogP contribution in [0.25, 0.3) is 0 Å². The lowest BCUT2D eigenvalue weighted by molar-refractivity contribution is 0.0472. The summed E-state index contributed by atoms with van der Waals surface area (Å²) in [5.41, 5.74) is 0. The molecular weight excluding hydrogens is 270 g/mol. The predicted molar refractivity (Wildman–Crippen MR) is 83.0 cm³/mol. The number of ether oxygens (including phenoxy) is 3. The molecule has 2 atom stereocenters. The summed E-state index contributed by atoms with van der Waals surface area (Å²) in [5.74, 6) is 1.42. The standard InChI is InChI=1S/C16H25NO4/c1-4-9-20-12-14(18)10-17-13(2)11-21-16-8-6-5-7-15(16)19-3/h4-8,13-14,17-18H,1,9-12H2,2-3H3/t13-,14-/m0/s1. The second kappa shape index (κ2) is 10.2. The van der Waals surface area contributed by atoms with Crippen LogP contribution in [-0.2, 0) is 4.74 Å². The van der Waals surface area contributed by atoms with E-state index in [1.165, 1.54) is 0 Å². The van der Waals surface area contributed by atoms with Crippen molar-refractivity contribution >= 4 is 0 Å². The first-order chi connectivity index (χ1) is 10.2. The fourth-order valence-corrected chi connectivity index (χ4v) is 1.70. The lowest BCUT2D eigenvalue weighted by atomic mass is 10.3. The van der Waals surface area contributed by atoms with Crippen LogP contribution in [0.3, 0.4) is 0 Å². The molecule has 0 saturated heterocycles. The Morgan fingerprint density at radius 3 is 2.67 bits per heavy atom. The molecule has 1 rings (SSSR count). The van der Waals surface area contributed by atoms with Gasteiger partial charge >= 0.3 is 0 Å². The van der Waals surface area contributed by atoms with E-state index >= 15 is 0 Å². The van der Waals surface area contributed by atoms with Crippen LogP contribution in [0.15, 0.2) is 36.9 Å². The monoisotopic (exact) mass is 295 g/mol. The zero-order valence-electron chi connectivity index (χ0n) is 12.7. The van der Waals surface area contributed by atoms with Gasteiger partial charge in [-0.15, -0.1) is 6.58 Å². The number of hydrogen-bond donors (Lipinski definition) is 2. The Balaban J connectivity index is 2.24. The van der Waals surface area contributed by atoms with E-state index in [1.54, 1.807) is 13.2 Å². The first-order valence-corrected chi connectivity index (χ1v) is 7.03. The Labute approximate surface area is 126 Å². The molecule has 0 fully saturated rings. The Morgan fingerprint density at radius 2 is 2.00 bits per heavy atom. The van der Waals surface area contributed by atoms with E-state index in [9.17, 15) is 5.11 Å². The van der Waals surface area contributed by atoms with Crippen molar-refractivity contribution < 1.29 is 19.3 Å². The summed E-state index contributed by atoms with van der Waals surface area (Å²) in [4.78, 5) is 0. The predicted octanol–water partition coefficient (Wildman–Crippen LogP) is 1.62. The van der Waals surface area contributed by atoms with Crippen LogP contribution in [0.2, 0.25) is 0 Å². The van der Waals surface area contributed by atoms with Gasteiger partial charge in [-0.2, -0.15) is 0 Å². The van der Waals surface area contributed by atoms with Crippen molar-refractivity contribution in [3.8, 4) is 11.5 Å². The van der Waals surface area contributed by atoms with Gasteiger partial charge in [-0.1, -0.05) is 18.2 Å². The van der Waals surface area contributed by atoms with Gasteiger partial charge in [0.1, 0.15) is 6.61 Å². The average molecular weight is 295 g/mol. The van der Waals surface area contributed by atoms with Crippen LogP contribution in [0.5, 0.6) is 11.5 Å². The minimum atomic E-state index is -0.543. The van der Waals surface area contributed by atoms with Crippen molar-refractivity contribution in [2.45, 2.75) is 19.1 Å². The molecule has 0 unspecified atom stereocenters. The van der Waals surface area contributed by atoms with Gasteiger partial charge in [0.05, 0.1) is 26.4 Å². The van der Waals surface area contributed by atoms with Gasteiger partial charge in [0.15, 0.2) is 11.5 Å². The second-order valence-corrected chi connectivity index (χ2v) is 4.75. The fraction of sp³-hybridized carbons (Fsp3) is 0.500. The largest absolute Gasteiger partial charge is 0.493 e. The number of aliphatic hydroxyl groups is 1. The number of methoxy groups -OCH3 is 1. The molecule has 0 amide bonds. The van der Waals surface area contributed by atoms with Crippen molar-refractivity contribution in [2.24, 2.45) is 0 Å². The van der Waals surface area contributed by atoms with Gasteiger partial charge in [0.2, 0.25) is 0 Å². The van der Waals surface area contributed by atoms with Gasteiger partial charge < -0.3 is 24.6 Å². The van der Waals surface area contributed by atoms with Gasteiger partial charge in [-0.3, -0.25) is 0 Å². The summed E-state index contributed by atoms with van der Waals surface area (Å²) in [6.45, 7) is 7.22. The van der Waals surface area contributed by atoms with Crippen molar-refractivity contribution in [1.82, 2.24) is 5.32 Å². The lowest BCUT2D eigenvalue weighted by Gasteiger charge is -2.18. The minimum Gasteiger partial charge on any atom is -0.493 e. The molecule has 0 aliphatic heterocycles. The Morgan fingerprint density at radius 1 is 1.29 bits per heavy atom. The normalized spacial score (nSPS) is 13.5. The maximum absolute atomic E-state index is 9.71. The molecule has 1 aromatic rings. The summed E-state index contributed by atoms with van der Waals surface area (Å²) in [7, 11) is 1.61. The zero-order valence-corrected chi connectivity index (χ0v) is 12.7. The first-order valence-electron chi connectivity index (χ1n) is 7.03. The third-order valence-corrected chi connectivity index (χ3v) is 2.81. The van der Waals surface area contributed by atoms with Gasteiger partial charge in [-0.05, 0) is 19.1 Å². The highest BCUT2D eigenvalue weighted by atomic mass is 16.5. The molecule has 0 radical (unpaired) electrons. The number of nitrogens with one attached hydrogen (secondary N) is 1. The zero-order chi connectivity index (χ0) is 15.5. The third kappa shape index (κ3) is 7.13. The Hall–Kier alpha value is -1.56. The fourth-order valence-electron chi connectivity index (χ4n) is 1.70. The van der Waals surface area contributed by atoms with Gasteiger partial charge in [0, 0.05) is 12.6 Å². The average Bonchev–Trinajstić information content (AvgIpc) is 2.51. The Bertz CT molecular complexity index is 411. The maximum atomic E-state index is 9.71.